The second-order valence-corrected chi connectivity index (χ2v) is 11.3. The van der Waals surface area contributed by atoms with Crippen molar-refractivity contribution in [3.63, 3.8) is 0 Å². The van der Waals surface area contributed by atoms with E-state index in [9.17, 15) is 0 Å². The predicted octanol–water partition coefficient (Wildman–Crippen LogP) is 5.09. The Labute approximate surface area is 151 Å². The Kier molecular flexibility index (Phi) is 12.9. The minimum absolute atomic E-state index is 0.279. The zero-order valence-corrected chi connectivity index (χ0v) is 17.9. The molecule has 1 rings (SSSR count). The summed E-state index contributed by atoms with van der Waals surface area (Å²) in [5.41, 5.74) is 9.47. The molecule has 0 fully saturated rings. The zero-order valence-electron chi connectivity index (χ0n) is 14.3. The SMILES string of the molecule is CC(C)(C)[PH+](Cc1cccc(C[NH-])n1)C(C)(C)C.[CH-]=O.[Cl][RuH+2]. The molecule has 0 aliphatic heterocycles. The topological polar surface area (TPSA) is 53.8 Å². The Hall–Kier alpha value is 0.123. The maximum absolute atomic E-state index is 7.75. The number of hydrogen-bond donors (Lipinski definition) is 0. The molecule has 1 N–H and O–H groups in total. The van der Waals surface area contributed by atoms with E-state index in [2.05, 4.69) is 69.1 Å². The molecule has 0 aromatic carbocycles. The van der Waals surface area contributed by atoms with Crippen LogP contribution in [0.3, 0.4) is 0 Å². The van der Waals surface area contributed by atoms with Crippen LogP contribution >= 0.6 is 17.6 Å². The molecule has 0 bridgehead atoms. The molecule has 22 heavy (non-hydrogen) atoms. The average molecular weight is 433 g/mol. The summed E-state index contributed by atoms with van der Waals surface area (Å²) in [5, 5.41) is 0.725. The summed E-state index contributed by atoms with van der Waals surface area (Å²) in [6.45, 7) is 17.6. The first-order valence-electron chi connectivity index (χ1n) is 6.98. The van der Waals surface area contributed by atoms with Gasteiger partial charge in [-0.25, -0.2) is 0 Å². The van der Waals surface area contributed by atoms with Crippen molar-refractivity contribution >= 4 is 24.4 Å². The van der Waals surface area contributed by atoms with Crippen molar-refractivity contribution in [1.29, 1.82) is 0 Å². The van der Waals surface area contributed by atoms with Crippen molar-refractivity contribution < 1.29 is 22.1 Å². The third-order valence-corrected chi connectivity index (χ3v) is 7.55. The molecule has 3 nitrogen and oxygen atoms in total. The molecule has 0 amide bonds. The van der Waals surface area contributed by atoms with Gasteiger partial charge in [0.15, 0.2) is 0 Å². The Morgan fingerprint density at radius 2 is 1.50 bits per heavy atom. The molecule has 0 aliphatic carbocycles. The van der Waals surface area contributed by atoms with E-state index < -0.39 is 7.92 Å². The Balaban J connectivity index is 0. The van der Waals surface area contributed by atoms with Crippen molar-refractivity contribution in [2.75, 3.05) is 0 Å². The van der Waals surface area contributed by atoms with Crippen LogP contribution in [0.15, 0.2) is 18.2 Å². The van der Waals surface area contributed by atoms with Crippen LogP contribution in [0, 0.1) is 0 Å². The fourth-order valence-electron chi connectivity index (χ4n) is 2.56. The van der Waals surface area contributed by atoms with E-state index >= 15 is 0 Å². The molecule has 1 aromatic heterocycles. The number of pyridine rings is 1. The maximum atomic E-state index is 7.75. The van der Waals surface area contributed by atoms with E-state index in [1.165, 1.54) is 5.69 Å². The third kappa shape index (κ3) is 9.30. The molecule has 0 atom stereocenters. The normalized spacial score (nSPS) is 11.2. The molecular formula is C16H29ClN2OPRu+. The summed E-state index contributed by atoms with van der Waals surface area (Å²) in [7, 11) is 4.03. The molecule has 1 heterocycles. The first kappa shape index (κ1) is 24.4. The van der Waals surface area contributed by atoms with Gasteiger partial charge in [-0.1, -0.05) is 6.07 Å². The van der Waals surface area contributed by atoms with Gasteiger partial charge in [-0.3, -0.25) is 11.8 Å². The third-order valence-electron chi connectivity index (χ3n) is 3.21. The standard InChI is InChI=1S/C15H26N2P.CHO.ClH.Ru.H/c1-14(2,3)18(15(4,5)6)11-13-9-7-8-12(10-16)17-13;1-2;;;/h7-9,16H,10-11H2,1-6H3;1H;1H;;/q2*-1;;+3;. The summed E-state index contributed by atoms with van der Waals surface area (Å²) in [6, 6.07) is 6.09. The summed E-state index contributed by atoms with van der Waals surface area (Å²) in [6.07, 6.45) is 1.09. The van der Waals surface area contributed by atoms with Crippen molar-refractivity contribution in [3.05, 3.63) is 35.3 Å². The van der Waals surface area contributed by atoms with Gasteiger partial charge in [0, 0.05) is 13.6 Å². The monoisotopic (exact) mass is 433 g/mol. The van der Waals surface area contributed by atoms with Crippen LogP contribution in [0.25, 0.3) is 5.73 Å². The number of rotatable bonds is 3. The number of hydrogen-bond acceptors (Lipinski definition) is 2. The summed E-state index contributed by atoms with van der Waals surface area (Å²) < 4.78 is 0. The van der Waals surface area contributed by atoms with Crippen LogP contribution in [-0.2, 0) is 34.8 Å². The Morgan fingerprint density at radius 1 is 1.09 bits per heavy atom. The van der Waals surface area contributed by atoms with Crippen LogP contribution in [0.1, 0.15) is 52.9 Å². The first-order valence-corrected chi connectivity index (χ1v) is 11.1. The summed E-state index contributed by atoms with van der Waals surface area (Å²) in [4.78, 5) is 12.3. The van der Waals surface area contributed by atoms with E-state index in [1.54, 1.807) is 17.3 Å². The average Bonchev–Trinajstić information content (AvgIpc) is 2.47. The second-order valence-electron chi connectivity index (χ2n) is 6.95. The Morgan fingerprint density at radius 3 is 1.86 bits per heavy atom. The molecule has 0 radical (unpaired) electrons. The molecule has 0 aliphatic rings. The fraction of sp³-hybridized carbons (Fsp3) is 0.625. The summed E-state index contributed by atoms with van der Waals surface area (Å²) in [5.74, 6) is 0. The van der Waals surface area contributed by atoms with E-state index in [0.717, 1.165) is 11.9 Å². The van der Waals surface area contributed by atoms with E-state index in [4.69, 9.17) is 10.5 Å². The first-order chi connectivity index (χ1) is 10.1. The van der Waals surface area contributed by atoms with Gasteiger partial charge in [0.2, 0.25) is 0 Å². The summed E-state index contributed by atoms with van der Waals surface area (Å²) >= 11 is 1.62. The molecular weight excluding hydrogens is 404 g/mol. The molecule has 0 saturated carbocycles. The molecule has 6 heteroatoms. The second kappa shape index (κ2) is 11.6. The number of carbonyl (C=O) groups excluding carboxylic acids is 1. The van der Waals surface area contributed by atoms with Crippen molar-refractivity contribution in [2.45, 2.75) is 64.6 Å². The quantitative estimate of drug-likeness (QED) is 0.289. The van der Waals surface area contributed by atoms with E-state index in [1.807, 2.05) is 12.1 Å². The molecule has 0 unspecified atom stereocenters. The van der Waals surface area contributed by atoms with Crippen LogP contribution in [0.2, 0.25) is 0 Å². The molecule has 128 valence electrons. The van der Waals surface area contributed by atoms with Crippen LogP contribution in [-0.4, -0.2) is 22.1 Å². The predicted molar refractivity (Wildman–Crippen MR) is 97.8 cm³/mol. The van der Waals surface area contributed by atoms with Gasteiger partial charge < -0.3 is 10.5 Å². The van der Waals surface area contributed by atoms with Gasteiger partial charge in [-0.2, -0.15) is 0 Å². The van der Waals surface area contributed by atoms with Gasteiger partial charge >= 0.3 is 27.0 Å². The number of aromatic nitrogens is 1. The molecule has 0 spiro atoms. The van der Waals surface area contributed by atoms with Crippen LogP contribution < -0.4 is 0 Å². The van der Waals surface area contributed by atoms with Crippen LogP contribution in [0.5, 0.6) is 0 Å². The minimum atomic E-state index is -0.576. The number of nitrogens with one attached hydrogen (secondary N) is 1. The zero-order chi connectivity index (χ0) is 18.0. The molecule has 0 saturated heterocycles. The van der Waals surface area contributed by atoms with Gasteiger partial charge in [0.25, 0.3) is 0 Å². The number of nitrogens with zero attached hydrogens (tertiary/aromatic N) is 1. The Bertz CT molecular complexity index is 405. The fourth-order valence-corrected chi connectivity index (χ4v) is 6.43. The molecule has 1 aromatic rings. The van der Waals surface area contributed by atoms with Gasteiger partial charge in [0.05, 0.1) is 22.2 Å². The van der Waals surface area contributed by atoms with E-state index in [0.29, 0.717) is 10.3 Å². The number of halogens is 1. The van der Waals surface area contributed by atoms with E-state index in [-0.39, 0.29) is 6.54 Å². The van der Waals surface area contributed by atoms with Crippen molar-refractivity contribution in [1.82, 2.24) is 4.98 Å². The van der Waals surface area contributed by atoms with Gasteiger partial charge in [-0.15, -0.1) is 6.54 Å². The van der Waals surface area contributed by atoms with Crippen molar-refractivity contribution in [3.8, 4) is 0 Å². The van der Waals surface area contributed by atoms with Gasteiger partial charge in [-0.05, 0) is 53.7 Å². The van der Waals surface area contributed by atoms with Crippen LogP contribution in [0.4, 0.5) is 0 Å². The van der Waals surface area contributed by atoms with Gasteiger partial charge in [0.1, 0.15) is 0 Å². The van der Waals surface area contributed by atoms with Crippen molar-refractivity contribution in [2.24, 2.45) is 0 Å².